The van der Waals surface area contributed by atoms with Gasteiger partial charge >= 0.3 is 0 Å². The third kappa shape index (κ3) is 2.01. The summed E-state index contributed by atoms with van der Waals surface area (Å²) < 4.78 is 0. The van der Waals surface area contributed by atoms with Gasteiger partial charge in [-0.2, -0.15) is 11.8 Å². The molecule has 0 bridgehead atoms. The van der Waals surface area contributed by atoms with E-state index in [4.69, 9.17) is 0 Å². The molecular weight excluding hydrogens is 132 g/mol. The highest BCUT2D eigenvalue weighted by atomic mass is 32.2. The number of hydrogen-bond acceptors (Lipinski definition) is 2. The molecule has 0 spiro atoms. The van der Waals surface area contributed by atoms with Gasteiger partial charge in [-0.1, -0.05) is 6.42 Å². The molecule has 0 radical (unpaired) electrons. The number of rotatable bonds is 1. The quantitative estimate of drug-likeness (QED) is 0.558. The number of carbonyl (C=O) groups excluding carboxylic acids is 1. The summed E-state index contributed by atoms with van der Waals surface area (Å²) in [4.78, 5) is 10.8. The van der Waals surface area contributed by atoms with E-state index in [0.29, 0.717) is 11.0 Å². The van der Waals surface area contributed by atoms with Crippen LogP contribution in [0, 0.1) is 0 Å². The molecule has 1 nitrogen and oxygen atoms in total. The Morgan fingerprint density at radius 2 is 2.33 bits per heavy atom. The van der Waals surface area contributed by atoms with Crippen LogP contribution >= 0.6 is 11.8 Å². The Labute approximate surface area is 60.2 Å². The minimum atomic E-state index is 0.332. The van der Waals surface area contributed by atoms with Crippen molar-refractivity contribution in [3.63, 3.8) is 0 Å². The van der Waals surface area contributed by atoms with Gasteiger partial charge in [0.1, 0.15) is 5.78 Å². The summed E-state index contributed by atoms with van der Waals surface area (Å²) in [6, 6.07) is 0. The maximum absolute atomic E-state index is 10.8. The van der Waals surface area contributed by atoms with E-state index >= 15 is 0 Å². The molecule has 1 aliphatic heterocycles. The number of Topliss-reactive ketones (excluding diaryl/α,β-unsaturated/α-hetero) is 1. The van der Waals surface area contributed by atoms with Gasteiger partial charge in [-0.05, 0) is 25.5 Å². The van der Waals surface area contributed by atoms with Crippen LogP contribution in [0.15, 0.2) is 0 Å². The topological polar surface area (TPSA) is 17.1 Å². The Kier molecular flexibility index (Phi) is 2.58. The van der Waals surface area contributed by atoms with E-state index < -0.39 is 0 Å². The van der Waals surface area contributed by atoms with E-state index in [0.717, 1.165) is 6.42 Å². The van der Waals surface area contributed by atoms with Crippen molar-refractivity contribution in [1.29, 1.82) is 0 Å². The van der Waals surface area contributed by atoms with E-state index in [9.17, 15) is 4.79 Å². The molecule has 0 unspecified atom stereocenters. The monoisotopic (exact) mass is 144 g/mol. The summed E-state index contributed by atoms with van der Waals surface area (Å²) in [5, 5.41) is 0.332. The van der Waals surface area contributed by atoms with E-state index in [2.05, 4.69) is 0 Å². The maximum atomic E-state index is 10.8. The summed E-state index contributed by atoms with van der Waals surface area (Å²) in [6.45, 7) is 1.70. The van der Waals surface area contributed by atoms with Crippen LogP contribution in [0.3, 0.4) is 0 Å². The molecule has 0 aromatic carbocycles. The molecule has 0 aromatic heterocycles. The fourth-order valence-corrected chi connectivity index (χ4v) is 2.28. The standard InChI is InChI=1S/C7H12OS/c1-6(8)7-4-2-3-5-9-7/h7H,2-5H2,1H3/t7-/m0/s1. The number of carbonyl (C=O) groups is 1. The third-order valence-electron chi connectivity index (χ3n) is 1.63. The molecule has 1 aliphatic rings. The average molecular weight is 144 g/mol. The van der Waals surface area contributed by atoms with E-state index in [1.54, 1.807) is 6.92 Å². The molecule has 0 aliphatic carbocycles. The van der Waals surface area contributed by atoms with Crippen molar-refractivity contribution < 1.29 is 4.79 Å². The van der Waals surface area contributed by atoms with Crippen molar-refractivity contribution >= 4 is 17.5 Å². The Morgan fingerprint density at radius 1 is 1.56 bits per heavy atom. The molecule has 0 aromatic rings. The van der Waals surface area contributed by atoms with Gasteiger partial charge in [0.05, 0.1) is 5.25 Å². The van der Waals surface area contributed by atoms with Crippen LogP contribution in [0.2, 0.25) is 0 Å². The summed E-state index contributed by atoms with van der Waals surface area (Å²) >= 11 is 1.82. The van der Waals surface area contributed by atoms with Gasteiger partial charge in [0.2, 0.25) is 0 Å². The molecule has 0 amide bonds. The van der Waals surface area contributed by atoms with Gasteiger partial charge in [-0.25, -0.2) is 0 Å². The Bertz CT molecular complexity index is 105. The lowest BCUT2D eigenvalue weighted by molar-refractivity contribution is -0.116. The van der Waals surface area contributed by atoms with E-state index in [-0.39, 0.29) is 0 Å². The highest BCUT2D eigenvalue weighted by Gasteiger charge is 2.17. The van der Waals surface area contributed by atoms with Crippen molar-refractivity contribution in [2.45, 2.75) is 31.4 Å². The zero-order valence-corrected chi connectivity index (χ0v) is 6.54. The van der Waals surface area contributed by atoms with Gasteiger partial charge in [0.15, 0.2) is 0 Å². The number of ketones is 1. The fourth-order valence-electron chi connectivity index (χ4n) is 1.06. The summed E-state index contributed by atoms with van der Waals surface area (Å²) in [6.07, 6.45) is 3.66. The van der Waals surface area contributed by atoms with Crippen LogP contribution in [0.4, 0.5) is 0 Å². The smallest absolute Gasteiger partial charge is 0.142 e. The molecule has 1 fully saturated rings. The second-order valence-electron chi connectivity index (χ2n) is 2.47. The molecule has 1 saturated heterocycles. The zero-order chi connectivity index (χ0) is 6.69. The van der Waals surface area contributed by atoms with Gasteiger partial charge in [0.25, 0.3) is 0 Å². The van der Waals surface area contributed by atoms with Crippen LogP contribution in [0.5, 0.6) is 0 Å². The molecule has 52 valence electrons. The molecule has 0 saturated carbocycles. The minimum Gasteiger partial charge on any atom is -0.299 e. The minimum absolute atomic E-state index is 0.332. The largest absolute Gasteiger partial charge is 0.299 e. The van der Waals surface area contributed by atoms with Gasteiger partial charge < -0.3 is 0 Å². The lowest BCUT2D eigenvalue weighted by Crippen LogP contribution is -2.17. The van der Waals surface area contributed by atoms with Crippen LogP contribution in [0.1, 0.15) is 26.2 Å². The third-order valence-corrected chi connectivity index (χ3v) is 3.13. The fraction of sp³-hybridized carbons (Fsp3) is 0.857. The van der Waals surface area contributed by atoms with Crippen molar-refractivity contribution in [1.82, 2.24) is 0 Å². The van der Waals surface area contributed by atoms with Crippen molar-refractivity contribution in [3.8, 4) is 0 Å². The Hall–Kier alpha value is 0.0200. The SMILES string of the molecule is CC(=O)[C@@H]1CCCCS1. The summed E-state index contributed by atoms with van der Waals surface area (Å²) in [5.74, 6) is 1.55. The van der Waals surface area contributed by atoms with Crippen LogP contribution in [0.25, 0.3) is 0 Å². The molecular formula is C7H12OS. The lowest BCUT2D eigenvalue weighted by atomic mass is 10.1. The van der Waals surface area contributed by atoms with E-state index in [1.807, 2.05) is 11.8 Å². The first-order valence-electron chi connectivity index (χ1n) is 3.43. The van der Waals surface area contributed by atoms with E-state index in [1.165, 1.54) is 18.6 Å². The highest BCUT2D eigenvalue weighted by molar-refractivity contribution is 8.00. The van der Waals surface area contributed by atoms with Crippen molar-refractivity contribution in [2.75, 3.05) is 5.75 Å². The predicted octanol–water partition coefficient (Wildman–Crippen LogP) is 1.86. The molecule has 1 atom stereocenters. The first-order chi connectivity index (χ1) is 4.30. The zero-order valence-electron chi connectivity index (χ0n) is 5.72. The number of hydrogen-bond donors (Lipinski definition) is 0. The molecule has 9 heavy (non-hydrogen) atoms. The normalized spacial score (nSPS) is 27.9. The van der Waals surface area contributed by atoms with Crippen LogP contribution in [-0.4, -0.2) is 16.8 Å². The molecule has 2 heteroatoms. The van der Waals surface area contributed by atoms with Gasteiger partial charge in [-0.15, -0.1) is 0 Å². The summed E-state index contributed by atoms with van der Waals surface area (Å²) in [5.41, 5.74) is 0. The van der Waals surface area contributed by atoms with Crippen molar-refractivity contribution in [2.24, 2.45) is 0 Å². The number of thioether (sulfide) groups is 1. The lowest BCUT2D eigenvalue weighted by Gasteiger charge is -2.17. The first kappa shape index (κ1) is 7.13. The molecule has 1 heterocycles. The molecule has 0 N–H and O–H groups in total. The van der Waals surface area contributed by atoms with Crippen LogP contribution in [-0.2, 0) is 4.79 Å². The maximum Gasteiger partial charge on any atom is 0.142 e. The molecule has 1 rings (SSSR count). The second-order valence-corrected chi connectivity index (χ2v) is 3.78. The van der Waals surface area contributed by atoms with Crippen LogP contribution < -0.4 is 0 Å². The summed E-state index contributed by atoms with van der Waals surface area (Å²) in [7, 11) is 0. The van der Waals surface area contributed by atoms with Gasteiger partial charge in [0, 0.05) is 0 Å². The Morgan fingerprint density at radius 3 is 2.67 bits per heavy atom. The average Bonchev–Trinajstić information content (AvgIpc) is 1.90. The highest BCUT2D eigenvalue weighted by Crippen LogP contribution is 2.25. The Balaban J connectivity index is 2.31. The second kappa shape index (κ2) is 3.25. The van der Waals surface area contributed by atoms with Gasteiger partial charge in [-0.3, -0.25) is 4.79 Å². The van der Waals surface area contributed by atoms with Crippen molar-refractivity contribution in [3.05, 3.63) is 0 Å². The first-order valence-corrected chi connectivity index (χ1v) is 4.47. The predicted molar refractivity (Wildman–Crippen MR) is 40.8 cm³/mol.